The molecule has 0 aliphatic rings. The highest BCUT2D eigenvalue weighted by atomic mass is 32.1. The molecule has 0 saturated carbocycles. The van der Waals surface area contributed by atoms with Gasteiger partial charge in [-0.15, -0.1) is 0 Å². The van der Waals surface area contributed by atoms with E-state index in [0.29, 0.717) is 6.04 Å². The number of hydrogen-bond acceptors (Lipinski definition) is 2. The SMILES string of the molecule is CNC(CS)c1ccc(C)cc1. The fraction of sp³-hybridized carbons (Fsp3) is 0.400. The quantitative estimate of drug-likeness (QED) is 0.681. The molecular formula is C10H15NS. The van der Waals surface area contributed by atoms with Crippen LogP contribution in [-0.2, 0) is 0 Å². The average molecular weight is 181 g/mol. The van der Waals surface area contributed by atoms with Gasteiger partial charge >= 0.3 is 0 Å². The second-order valence-corrected chi connectivity index (χ2v) is 3.30. The zero-order valence-corrected chi connectivity index (χ0v) is 8.44. The summed E-state index contributed by atoms with van der Waals surface area (Å²) in [4.78, 5) is 0. The largest absolute Gasteiger partial charge is 0.312 e. The third kappa shape index (κ3) is 2.26. The van der Waals surface area contributed by atoms with Gasteiger partial charge in [0.2, 0.25) is 0 Å². The van der Waals surface area contributed by atoms with Gasteiger partial charge in [0.25, 0.3) is 0 Å². The van der Waals surface area contributed by atoms with Crippen LogP contribution in [0.3, 0.4) is 0 Å². The highest BCUT2D eigenvalue weighted by molar-refractivity contribution is 7.80. The maximum atomic E-state index is 4.27. The van der Waals surface area contributed by atoms with Crippen LogP contribution in [0.5, 0.6) is 0 Å². The van der Waals surface area contributed by atoms with Gasteiger partial charge in [0.15, 0.2) is 0 Å². The lowest BCUT2D eigenvalue weighted by Gasteiger charge is -2.13. The molecule has 0 aliphatic heterocycles. The smallest absolute Gasteiger partial charge is 0.0406 e. The van der Waals surface area contributed by atoms with Crippen molar-refractivity contribution in [2.24, 2.45) is 0 Å². The van der Waals surface area contributed by atoms with Crippen LogP contribution in [0.25, 0.3) is 0 Å². The fourth-order valence-electron chi connectivity index (χ4n) is 1.16. The number of thiol groups is 1. The predicted molar refractivity (Wildman–Crippen MR) is 56.8 cm³/mol. The summed E-state index contributed by atoms with van der Waals surface area (Å²) in [6.07, 6.45) is 0. The third-order valence-corrected chi connectivity index (χ3v) is 2.38. The van der Waals surface area contributed by atoms with E-state index in [0.717, 1.165) is 5.75 Å². The lowest BCUT2D eigenvalue weighted by atomic mass is 10.1. The van der Waals surface area contributed by atoms with E-state index in [1.54, 1.807) is 0 Å². The summed E-state index contributed by atoms with van der Waals surface area (Å²) in [5.41, 5.74) is 2.60. The maximum absolute atomic E-state index is 4.27. The minimum Gasteiger partial charge on any atom is -0.312 e. The lowest BCUT2D eigenvalue weighted by molar-refractivity contribution is 0.663. The second kappa shape index (κ2) is 4.53. The molecule has 1 aromatic rings. The molecule has 2 heteroatoms. The van der Waals surface area contributed by atoms with Gasteiger partial charge in [0.05, 0.1) is 0 Å². The number of hydrogen-bond donors (Lipinski definition) is 2. The van der Waals surface area contributed by atoms with Gasteiger partial charge < -0.3 is 5.32 Å². The van der Waals surface area contributed by atoms with Crippen LogP contribution in [-0.4, -0.2) is 12.8 Å². The van der Waals surface area contributed by atoms with Crippen molar-refractivity contribution in [3.63, 3.8) is 0 Å². The van der Waals surface area contributed by atoms with Gasteiger partial charge in [-0.3, -0.25) is 0 Å². The molecule has 0 aromatic heterocycles. The van der Waals surface area contributed by atoms with Crippen molar-refractivity contribution in [2.45, 2.75) is 13.0 Å². The lowest BCUT2D eigenvalue weighted by Crippen LogP contribution is -2.17. The van der Waals surface area contributed by atoms with Crippen molar-refractivity contribution in [3.05, 3.63) is 35.4 Å². The Morgan fingerprint density at radius 3 is 2.33 bits per heavy atom. The highest BCUT2D eigenvalue weighted by Crippen LogP contribution is 2.14. The summed E-state index contributed by atoms with van der Waals surface area (Å²) < 4.78 is 0. The van der Waals surface area contributed by atoms with E-state index in [4.69, 9.17) is 0 Å². The topological polar surface area (TPSA) is 12.0 Å². The van der Waals surface area contributed by atoms with E-state index in [2.05, 4.69) is 49.1 Å². The summed E-state index contributed by atoms with van der Waals surface area (Å²) in [6, 6.07) is 8.92. The van der Waals surface area contributed by atoms with Crippen LogP contribution in [0.4, 0.5) is 0 Å². The van der Waals surface area contributed by atoms with Crippen LogP contribution >= 0.6 is 12.6 Å². The van der Waals surface area contributed by atoms with E-state index in [1.165, 1.54) is 11.1 Å². The fourth-order valence-corrected chi connectivity index (χ4v) is 1.56. The van der Waals surface area contributed by atoms with Crippen molar-refractivity contribution < 1.29 is 0 Å². The summed E-state index contributed by atoms with van der Waals surface area (Å²) in [7, 11) is 1.96. The summed E-state index contributed by atoms with van der Waals surface area (Å²) in [5, 5.41) is 3.21. The molecule has 0 heterocycles. The molecule has 1 N–H and O–H groups in total. The van der Waals surface area contributed by atoms with Crippen LogP contribution in [0.15, 0.2) is 24.3 Å². The maximum Gasteiger partial charge on any atom is 0.0406 e. The number of nitrogens with one attached hydrogen (secondary N) is 1. The first-order valence-corrected chi connectivity index (χ1v) is 4.76. The molecule has 0 saturated heterocycles. The standard InChI is InChI=1S/C10H15NS/c1-8-3-5-9(6-4-8)10(7-12)11-2/h3-6,10-12H,7H2,1-2H3. The Morgan fingerprint density at radius 2 is 1.92 bits per heavy atom. The normalized spacial score (nSPS) is 12.9. The number of benzene rings is 1. The highest BCUT2D eigenvalue weighted by Gasteiger charge is 2.04. The Labute approximate surface area is 79.6 Å². The summed E-state index contributed by atoms with van der Waals surface area (Å²) in [6.45, 7) is 2.10. The first-order chi connectivity index (χ1) is 5.77. The molecule has 0 radical (unpaired) electrons. The van der Waals surface area contributed by atoms with Gasteiger partial charge in [-0.25, -0.2) is 0 Å². The average Bonchev–Trinajstić information content (AvgIpc) is 2.10. The number of aryl methyl sites for hydroxylation is 1. The van der Waals surface area contributed by atoms with Gasteiger partial charge in [0.1, 0.15) is 0 Å². The molecule has 1 rings (SSSR count). The molecule has 0 spiro atoms. The first-order valence-electron chi connectivity index (χ1n) is 4.12. The van der Waals surface area contributed by atoms with E-state index >= 15 is 0 Å². The van der Waals surface area contributed by atoms with Gasteiger partial charge in [-0.05, 0) is 19.5 Å². The van der Waals surface area contributed by atoms with Crippen molar-refractivity contribution in [3.8, 4) is 0 Å². The first kappa shape index (κ1) is 9.62. The Balaban J connectivity index is 2.80. The van der Waals surface area contributed by atoms with E-state index in [9.17, 15) is 0 Å². The minimum atomic E-state index is 0.369. The second-order valence-electron chi connectivity index (χ2n) is 2.93. The van der Waals surface area contributed by atoms with Crippen molar-refractivity contribution in [1.29, 1.82) is 0 Å². The van der Waals surface area contributed by atoms with E-state index < -0.39 is 0 Å². The Hall–Kier alpha value is -0.470. The summed E-state index contributed by atoms with van der Waals surface area (Å²) >= 11 is 4.27. The molecule has 12 heavy (non-hydrogen) atoms. The predicted octanol–water partition coefficient (Wildman–Crippen LogP) is 2.19. The third-order valence-electron chi connectivity index (χ3n) is 2.01. The molecule has 0 aliphatic carbocycles. The van der Waals surface area contributed by atoms with Crippen LogP contribution in [0, 0.1) is 6.92 Å². The van der Waals surface area contributed by atoms with E-state index in [-0.39, 0.29) is 0 Å². The molecule has 0 fully saturated rings. The van der Waals surface area contributed by atoms with Gasteiger partial charge in [-0.1, -0.05) is 29.8 Å². The molecule has 66 valence electrons. The molecule has 1 nitrogen and oxygen atoms in total. The van der Waals surface area contributed by atoms with E-state index in [1.807, 2.05) is 7.05 Å². The minimum absolute atomic E-state index is 0.369. The monoisotopic (exact) mass is 181 g/mol. The van der Waals surface area contributed by atoms with Gasteiger partial charge in [0, 0.05) is 11.8 Å². The van der Waals surface area contributed by atoms with Crippen LogP contribution < -0.4 is 5.32 Å². The van der Waals surface area contributed by atoms with Crippen molar-refractivity contribution in [1.82, 2.24) is 5.32 Å². The Kier molecular flexibility index (Phi) is 3.63. The summed E-state index contributed by atoms with van der Waals surface area (Å²) in [5.74, 6) is 0.833. The number of rotatable bonds is 3. The van der Waals surface area contributed by atoms with Crippen LogP contribution in [0.1, 0.15) is 17.2 Å². The molecule has 1 atom stereocenters. The zero-order chi connectivity index (χ0) is 8.97. The van der Waals surface area contributed by atoms with Crippen LogP contribution in [0.2, 0.25) is 0 Å². The molecule has 1 aromatic carbocycles. The Morgan fingerprint density at radius 1 is 1.33 bits per heavy atom. The molecular weight excluding hydrogens is 166 g/mol. The van der Waals surface area contributed by atoms with Crippen molar-refractivity contribution in [2.75, 3.05) is 12.8 Å². The van der Waals surface area contributed by atoms with Crippen molar-refractivity contribution >= 4 is 12.6 Å². The molecule has 0 amide bonds. The zero-order valence-electron chi connectivity index (χ0n) is 7.54. The molecule has 0 bridgehead atoms. The Bertz CT molecular complexity index is 226. The van der Waals surface area contributed by atoms with Gasteiger partial charge in [-0.2, -0.15) is 12.6 Å². The molecule has 1 unspecified atom stereocenters.